The van der Waals surface area contributed by atoms with Crippen molar-refractivity contribution in [3.8, 4) is 0 Å². The first kappa shape index (κ1) is 19.4. The average molecular weight is 348 g/mol. The van der Waals surface area contributed by atoms with Gasteiger partial charge in [0.15, 0.2) is 0 Å². The van der Waals surface area contributed by atoms with Gasteiger partial charge in [-0.2, -0.15) is 0 Å². The van der Waals surface area contributed by atoms with Gasteiger partial charge in [0, 0.05) is 0 Å². The molecule has 0 aromatic rings. The number of hydrogen-bond acceptors (Lipinski definition) is 1. The Morgan fingerprint density at radius 1 is 1.00 bits per heavy atom. The molecule has 0 spiro atoms. The molecule has 0 amide bonds. The van der Waals surface area contributed by atoms with Crippen LogP contribution in [0.4, 0.5) is 0 Å². The fourth-order valence-electron chi connectivity index (χ4n) is 0. The summed E-state index contributed by atoms with van der Waals surface area (Å²) in [6.07, 6.45) is 0. The summed E-state index contributed by atoms with van der Waals surface area (Å²) < 4.78 is 8.74. The summed E-state index contributed by atoms with van der Waals surface area (Å²) in [5, 5.41) is 0. The number of hydrogen-bond donors (Lipinski definition) is 2. The molecule has 0 rings (SSSR count). The smallest absolute Gasteiger partial charge is 0.511 e. The second kappa shape index (κ2) is 15.3. The molecule has 0 aliphatic rings. The van der Waals surface area contributed by atoms with Crippen molar-refractivity contribution in [1.29, 1.82) is 0 Å². The molecule has 0 bridgehead atoms. The van der Waals surface area contributed by atoms with E-state index in [1.54, 1.807) is 0 Å². The highest BCUT2D eigenvalue weighted by atomic mass is 35.8. The van der Waals surface area contributed by atoms with Gasteiger partial charge in [-0.3, -0.25) is 4.46 Å². The molecule has 0 fully saturated rings. The summed E-state index contributed by atoms with van der Waals surface area (Å²) in [7, 11) is -3.13. The molecule has 0 aliphatic carbocycles. The van der Waals surface area contributed by atoms with E-state index in [0.717, 1.165) is 0 Å². The van der Waals surface area contributed by atoms with Crippen LogP contribution in [0.2, 0.25) is 0 Å². The Kier molecular flexibility index (Phi) is 24.7. The summed E-state index contributed by atoms with van der Waals surface area (Å²) >= 11 is 29.6. The molecule has 12 heavy (non-hydrogen) atoms. The molecular weight excluding hydrogens is 345 g/mol. The molecule has 12 heteroatoms. The van der Waals surface area contributed by atoms with Crippen molar-refractivity contribution >= 4 is 89.1 Å². The standard InChI is InChI=1S/Cl3HSi.Cl3Si.H2O3Si/c3*1-4(2)3/h4H;;1-2H. The van der Waals surface area contributed by atoms with Crippen molar-refractivity contribution < 1.29 is 14.1 Å². The van der Waals surface area contributed by atoms with E-state index < -0.39 is 22.6 Å². The Balaban J connectivity index is -0.000000101. The lowest BCUT2D eigenvalue weighted by atomic mass is 15.8. The minimum atomic E-state index is -3.13. The molecule has 0 aromatic carbocycles. The van der Waals surface area contributed by atoms with Crippen LogP contribution in [0.25, 0.3) is 0 Å². The molecule has 3 nitrogen and oxygen atoms in total. The molecule has 2 N–H and O–H groups in total. The van der Waals surface area contributed by atoms with Crippen molar-refractivity contribution in [1.82, 2.24) is 0 Å². The molecule has 0 saturated carbocycles. The molecule has 0 aromatic heterocycles. The summed E-state index contributed by atoms with van der Waals surface area (Å²) in [4.78, 5) is 14.3. The van der Waals surface area contributed by atoms with Gasteiger partial charge in [-0.25, -0.2) is 0 Å². The fourth-order valence-corrected chi connectivity index (χ4v) is 0. The van der Waals surface area contributed by atoms with Crippen molar-refractivity contribution in [3.05, 3.63) is 0 Å². The van der Waals surface area contributed by atoms with Crippen molar-refractivity contribution in [2.75, 3.05) is 0 Å². The molecular formula is H3Cl6O3Si3. The highest BCUT2D eigenvalue weighted by molar-refractivity contribution is 7.54. The molecule has 75 valence electrons. The van der Waals surface area contributed by atoms with E-state index in [2.05, 4.69) is 0 Å². The number of halogens is 6. The molecule has 0 heterocycles. The predicted octanol–water partition coefficient (Wildman–Crippen LogP) is 1.49. The van der Waals surface area contributed by atoms with Gasteiger partial charge in [0.2, 0.25) is 0 Å². The Morgan fingerprint density at radius 3 is 1.00 bits per heavy atom. The number of rotatable bonds is 0. The second-order valence-electron chi connectivity index (χ2n) is 0.744. The largest absolute Gasteiger partial charge is 0.761 e. The van der Waals surface area contributed by atoms with Gasteiger partial charge in [0.25, 0.3) is 0 Å². The molecule has 0 aliphatic heterocycles. The topological polar surface area (TPSA) is 57.5 Å². The van der Waals surface area contributed by atoms with Gasteiger partial charge in [-0.05, 0) is 0 Å². The molecule has 0 atom stereocenters. The predicted molar refractivity (Wildman–Crippen MR) is 58.9 cm³/mol. The summed E-state index contributed by atoms with van der Waals surface area (Å²) in [6.45, 7) is -3.19. The molecule has 0 unspecified atom stereocenters. The lowest BCUT2D eigenvalue weighted by Gasteiger charge is -1.65. The van der Waals surface area contributed by atoms with Crippen LogP contribution in [0, 0.1) is 0 Å². The van der Waals surface area contributed by atoms with E-state index in [1.807, 2.05) is 0 Å². The van der Waals surface area contributed by atoms with E-state index >= 15 is 0 Å². The van der Waals surface area contributed by atoms with Crippen LogP contribution in [0.5, 0.6) is 0 Å². The monoisotopic (exact) mass is 345 g/mol. The van der Waals surface area contributed by atoms with Gasteiger partial charge in [0.05, 0.1) is 0 Å². The Labute approximate surface area is 102 Å². The third kappa shape index (κ3) is 428. The van der Waals surface area contributed by atoms with Gasteiger partial charge in [-0.1, -0.05) is 0 Å². The quantitative estimate of drug-likeness (QED) is 0.515. The highest BCUT2D eigenvalue weighted by Gasteiger charge is 1.88. The Morgan fingerprint density at radius 2 is 1.00 bits per heavy atom. The van der Waals surface area contributed by atoms with Crippen LogP contribution >= 0.6 is 66.5 Å². The van der Waals surface area contributed by atoms with Crippen molar-refractivity contribution in [2.24, 2.45) is 0 Å². The summed E-state index contributed by atoms with van der Waals surface area (Å²) in [6, 6.07) is 0. The van der Waals surface area contributed by atoms with E-state index in [9.17, 15) is 0 Å². The van der Waals surface area contributed by atoms with Crippen molar-refractivity contribution in [2.45, 2.75) is 0 Å². The lowest BCUT2D eigenvalue weighted by molar-refractivity contribution is 0.330. The van der Waals surface area contributed by atoms with Gasteiger partial charge in [-0.15, -0.1) is 66.5 Å². The van der Waals surface area contributed by atoms with Crippen LogP contribution in [0.15, 0.2) is 0 Å². The van der Waals surface area contributed by atoms with Gasteiger partial charge >= 0.3 is 22.6 Å². The van der Waals surface area contributed by atoms with E-state index in [0.29, 0.717) is 0 Å². The van der Waals surface area contributed by atoms with E-state index in [1.165, 1.54) is 0 Å². The molecule has 1 radical (unpaired) electrons. The minimum absolute atomic E-state index is 1.46. The van der Waals surface area contributed by atoms with Crippen LogP contribution in [0.3, 0.4) is 0 Å². The maximum Gasteiger partial charge on any atom is 0.761 e. The second-order valence-corrected chi connectivity index (χ2v) is 13.3. The summed E-state index contributed by atoms with van der Waals surface area (Å²) in [5.41, 5.74) is 0. The van der Waals surface area contributed by atoms with Crippen molar-refractivity contribution in [3.63, 3.8) is 0 Å². The van der Waals surface area contributed by atoms with E-state index in [-0.39, 0.29) is 0 Å². The maximum absolute atomic E-state index is 8.74. The zero-order valence-electron chi connectivity index (χ0n) is 5.15. The minimum Gasteiger partial charge on any atom is -0.511 e. The maximum atomic E-state index is 8.74. The van der Waals surface area contributed by atoms with E-state index in [4.69, 9.17) is 80.5 Å². The zero-order valence-corrected chi connectivity index (χ0v) is 12.8. The van der Waals surface area contributed by atoms with Gasteiger partial charge < -0.3 is 9.59 Å². The first-order valence-electron chi connectivity index (χ1n) is 1.87. The third-order valence-electron chi connectivity index (χ3n) is 0. The van der Waals surface area contributed by atoms with Crippen LogP contribution in [0.1, 0.15) is 0 Å². The van der Waals surface area contributed by atoms with Crippen LogP contribution in [-0.2, 0) is 4.46 Å². The van der Waals surface area contributed by atoms with Gasteiger partial charge in [0.1, 0.15) is 0 Å². The first-order valence-corrected chi connectivity index (χ1v) is 12.9. The Bertz CT molecular complexity index is 80.5. The molecule has 0 saturated heterocycles. The van der Waals surface area contributed by atoms with Crippen LogP contribution in [-0.4, -0.2) is 32.2 Å². The first-order chi connectivity index (χ1) is 5.20. The Hall–Kier alpha value is 1.79. The SMILES string of the molecule is Cl[SiH](Cl)Cl.Cl[Si](Cl)Cl.O=[Si](O)O. The average Bonchev–Trinajstić information content (AvgIpc) is 1.54. The lowest BCUT2D eigenvalue weighted by Crippen LogP contribution is -1.90. The normalized spacial score (nSPS) is 8.00. The fraction of sp³-hybridized carbons (Fsp3) is 0. The third-order valence-corrected chi connectivity index (χ3v) is 0. The van der Waals surface area contributed by atoms with Crippen LogP contribution < -0.4 is 0 Å². The summed E-state index contributed by atoms with van der Waals surface area (Å²) in [5.74, 6) is 0. The zero-order chi connectivity index (χ0) is 10.7. The highest BCUT2D eigenvalue weighted by Crippen LogP contribution is 1.97.